The maximum Gasteiger partial charge on any atom is 0.343 e. The Bertz CT molecular complexity index is 1150. The molecule has 0 aliphatic carbocycles. The van der Waals surface area contributed by atoms with Crippen molar-refractivity contribution in [2.45, 2.75) is 11.8 Å². The first-order valence-corrected chi connectivity index (χ1v) is 10.3. The molecular formula is C22H18N2O4S. The zero-order valence-electron chi connectivity index (χ0n) is 15.6. The van der Waals surface area contributed by atoms with Crippen LogP contribution in [0.4, 0.5) is 5.69 Å². The van der Waals surface area contributed by atoms with Gasteiger partial charge < -0.3 is 4.74 Å². The summed E-state index contributed by atoms with van der Waals surface area (Å²) >= 11 is 0. The van der Waals surface area contributed by atoms with Gasteiger partial charge in [-0.2, -0.15) is 5.26 Å². The van der Waals surface area contributed by atoms with Crippen LogP contribution >= 0.6 is 0 Å². The van der Waals surface area contributed by atoms with Crippen molar-refractivity contribution < 1.29 is 17.9 Å². The molecule has 0 aliphatic rings. The van der Waals surface area contributed by atoms with Crippen LogP contribution in [0, 0.1) is 11.3 Å². The van der Waals surface area contributed by atoms with E-state index >= 15 is 0 Å². The van der Waals surface area contributed by atoms with Crippen LogP contribution in [0.1, 0.15) is 22.8 Å². The third-order valence-corrected chi connectivity index (χ3v) is 6.08. The van der Waals surface area contributed by atoms with Crippen molar-refractivity contribution in [3.8, 4) is 11.8 Å². The highest BCUT2D eigenvalue weighted by Gasteiger charge is 2.24. The summed E-state index contributed by atoms with van der Waals surface area (Å²) in [4.78, 5) is 12.5. The number of hydrogen-bond acceptors (Lipinski definition) is 5. The minimum Gasteiger partial charge on any atom is -0.423 e. The summed E-state index contributed by atoms with van der Waals surface area (Å²) in [6.45, 7) is 1.99. The van der Waals surface area contributed by atoms with E-state index in [0.29, 0.717) is 11.3 Å². The molecule has 0 atom stereocenters. The van der Waals surface area contributed by atoms with E-state index in [1.54, 1.807) is 31.2 Å². The van der Waals surface area contributed by atoms with Gasteiger partial charge >= 0.3 is 5.97 Å². The van der Waals surface area contributed by atoms with Crippen LogP contribution in [0.15, 0.2) is 83.8 Å². The number of carbonyl (C=O) groups is 1. The van der Waals surface area contributed by atoms with E-state index in [1.165, 1.54) is 52.8 Å². The molecule has 146 valence electrons. The number of carbonyl (C=O) groups excluding carboxylic acids is 1. The second-order valence-corrected chi connectivity index (χ2v) is 7.92. The summed E-state index contributed by atoms with van der Waals surface area (Å²) in [7, 11) is -3.85. The molecule has 0 bridgehead atoms. The molecule has 0 saturated carbocycles. The fourth-order valence-electron chi connectivity index (χ4n) is 2.76. The normalized spacial score (nSPS) is 10.8. The predicted octanol–water partition coefficient (Wildman–Crippen LogP) is 3.99. The van der Waals surface area contributed by atoms with Gasteiger partial charge in [0.25, 0.3) is 10.0 Å². The van der Waals surface area contributed by atoms with E-state index in [9.17, 15) is 13.2 Å². The van der Waals surface area contributed by atoms with E-state index in [1.807, 2.05) is 12.1 Å². The zero-order chi connectivity index (χ0) is 20.9. The number of sulfonamides is 1. The third kappa shape index (κ3) is 4.45. The molecule has 0 aromatic heterocycles. The van der Waals surface area contributed by atoms with Crippen LogP contribution in [0.25, 0.3) is 0 Å². The molecule has 7 heteroatoms. The summed E-state index contributed by atoms with van der Waals surface area (Å²) < 4.78 is 32.8. The SMILES string of the molecule is CCN(c1ccccc1)S(=O)(=O)c1cccc(C(=O)Oc2ccc(C#N)cc2)c1. The van der Waals surface area contributed by atoms with Gasteiger partial charge in [0.2, 0.25) is 0 Å². The van der Waals surface area contributed by atoms with Crippen molar-refractivity contribution in [2.75, 3.05) is 10.8 Å². The van der Waals surface area contributed by atoms with E-state index in [2.05, 4.69) is 0 Å². The first-order chi connectivity index (χ1) is 14.0. The fourth-order valence-corrected chi connectivity index (χ4v) is 4.28. The molecule has 0 aliphatic heterocycles. The number of rotatable bonds is 6. The second kappa shape index (κ2) is 8.59. The van der Waals surface area contributed by atoms with Gasteiger partial charge in [0.05, 0.1) is 27.8 Å². The van der Waals surface area contributed by atoms with Gasteiger partial charge in [-0.25, -0.2) is 13.2 Å². The number of para-hydroxylation sites is 1. The smallest absolute Gasteiger partial charge is 0.343 e. The first kappa shape index (κ1) is 20.1. The van der Waals surface area contributed by atoms with Crippen molar-refractivity contribution in [3.63, 3.8) is 0 Å². The number of hydrogen-bond donors (Lipinski definition) is 0. The highest BCUT2D eigenvalue weighted by Crippen LogP contribution is 2.24. The van der Waals surface area contributed by atoms with Crippen molar-refractivity contribution >= 4 is 21.7 Å². The Labute approximate surface area is 169 Å². The molecule has 0 unspecified atom stereocenters. The van der Waals surface area contributed by atoms with Gasteiger partial charge in [0.1, 0.15) is 5.75 Å². The highest BCUT2D eigenvalue weighted by atomic mass is 32.2. The molecule has 3 rings (SSSR count). The standard InChI is InChI=1S/C22H18N2O4S/c1-2-24(19-8-4-3-5-9-19)29(26,27)21-10-6-7-18(15-21)22(25)28-20-13-11-17(16-23)12-14-20/h3-15H,2H2,1H3. The molecule has 0 amide bonds. The Morgan fingerprint density at radius 3 is 2.31 bits per heavy atom. The number of anilines is 1. The topological polar surface area (TPSA) is 87.5 Å². The maximum absolute atomic E-state index is 13.1. The molecule has 0 saturated heterocycles. The average molecular weight is 406 g/mol. The van der Waals surface area contributed by atoms with Gasteiger partial charge in [-0.3, -0.25) is 4.31 Å². The lowest BCUT2D eigenvalue weighted by Gasteiger charge is -2.23. The number of benzene rings is 3. The quantitative estimate of drug-likeness (QED) is 0.456. The van der Waals surface area contributed by atoms with E-state index in [4.69, 9.17) is 10.00 Å². The molecule has 6 nitrogen and oxygen atoms in total. The molecule has 3 aromatic carbocycles. The predicted molar refractivity (Wildman–Crippen MR) is 109 cm³/mol. The molecule has 29 heavy (non-hydrogen) atoms. The first-order valence-electron chi connectivity index (χ1n) is 8.86. The van der Waals surface area contributed by atoms with Crippen LogP contribution < -0.4 is 9.04 Å². The summed E-state index contributed by atoms with van der Waals surface area (Å²) in [5.41, 5.74) is 1.10. The maximum atomic E-state index is 13.1. The summed E-state index contributed by atoms with van der Waals surface area (Å²) in [6.07, 6.45) is 0. The van der Waals surface area contributed by atoms with Crippen LogP contribution in [0.3, 0.4) is 0 Å². The van der Waals surface area contributed by atoms with E-state index in [0.717, 1.165) is 0 Å². The molecule has 0 N–H and O–H groups in total. The Morgan fingerprint density at radius 1 is 1.00 bits per heavy atom. The molecular weight excluding hydrogens is 388 g/mol. The molecule has 0 spiro atoms. The van der Waals surface area contributed by atoms with E-state index in [-0.39, 0.29) is 22.8 Å². The van der Waals surface area contributed by atoms with Crippen LogP contribution in [-0.2, 0) is 10.0 Å². The Kier molecular flexibility index (Phi) is 5.96. The zero-order valence-corrected chi connectivity index (χ0v) is 16.5. The lowest BCUT2D eigenvalue weighted by Crippen LogP contribution is -2.30. The lowest BCUT2D eigenvalue weighted by atomic mass is 10.2. The Morgan fingerprint density at radius 2 is 1.69 bits per heavy atom. The summed E-state index contributed by atoms with van der Waals surface area (Å²) in [6, 6.07) is 22.5. The van der Waals surface area contributed by atoms with Gasteiger partial charge in [0, 0.05) is 6.54 Å². The molecule has 0 heterocycles. The molecule has 3 aromatic rings. The number of esters is 1. The second-order valence-electron chi connectivity index (χ2n) is 6.06. The number of ether oxygens (including phenoxy) is 1. The van der Waals surface area contributed by atoms with Gasteiger partial charge in [-0.1, -0.05) is 24.3 Å². The third-order valence-electron chi connectivity index (χ3n) is 4.18. The van der Waals surface area contributed by atoms with Crippen molar-refractivity contribution in [3.05, 3.63) is 90.0 Å². The average Bonchev–Trinajstić information content (AvgIpc) is 2.75. The highest BCUT2D eigenvalue weighted by molar-refractivity contribution is 7.92. The van der Waals surface area contributed by atoms with Crippen LogP contribution in [0.5, 0.6) is 5.75 Å². The molecule has 0 radical (unpaired) electrons. The largest absolute Gasteiger partial charge is 0.423 e. The van der Waals surface area contributed by atoms with Crippen molar-refractivity contribution in [1.29, 1.82) is 5.26 Å². The Balaban J connectivity index is 1.87. The van der Waals surface area contributed by atoms with E-state index < -0.39 is 16.0 Å². The van der Waals surface area contributed by atoms with Gasteiger partial charge in [-0.05, 0) is 61.5 Å². The Hall–Kier alpha value is -3.63. The lowest BCUT2D eigenvalue weighted by molar-refractivity contribution is 0.0734. The van der Waals surface area contributed by atoms with Crippen molar-refractivity contribution in [1.82, 2.24) is 0 Å². The minimum atomic E-state index is -3.85. The summed E-state index contributed by atoms with van der Waals surface area (Å²) in [5.74, 6) is -0.420. The van der Waals surface area contributed by atoms with Crippen LogP contribution in [-0.4, -0.2) is 20.9 Å². The van der Waals surface area contributed by atoms with Crippen molar-refractivity contribution in [2.24, 2.45) is 0 Å². The number of nitriles is 1. The number of nitrogens with zero attached hydrogens (tertiary/aromatic N) is 2. The summed E-state index contributed by atoms with van der Waals surface area (Å²) in [5, 5.41) is 8.82. The van der Waals surface area contributed by atoms with Gasteiger partial charge in [-0.15, -0.1) is 0 Å². The van der Waals surface area contributed by atoms with Crippen LogP contribution in [0.2, 0.25) is 0 Å². The molecule has 0 fully saturated rings. The monoisotopic (exact) mass is 406 g/mol. The van der Waals surface area contributed by atoms with Gasteiger partial charge in [0.15, 0.2) is 0 Å². The minimum absolute atomic E-state index is 0.00233. The fraction of sp³-hybridized carbons (Fsp3) is 0.0909.